The molecule has 2 fully saturated rings. The fraction of sp³-hybridized carbons (Fsp3) is 0.400. The summed E-state index contributed by atoms with van der Waals surface area (Å²) in [5, 5.41) is 16.4. The predicted octanol–water partition coefficient (Wildman–Crippen LogP) is 2.44. The molecule has 1 heterocycles. The van der Waals surface area contributed by atoms with E-state index in [1.165, 1.54) is 18.3 Å². The van der Waals surface area contributed by atoms with Gasteiger partial charge in [0.05, 0.1) is 34.1 Å². The van der Waals surface area contributed by atoms with E-state index in [4.69, 9.17) is 9.47 Å². The second-order valence-corrected chi connectivity index (χ2v) is 8.29. The van der Waals surface area contributed by atoms with Crippen molar-refractivity contribution in [1.29, 1.82) is 0 Å². The molecule has 1 saturated heterocycles. The quantitative estimate of drug-likeness (QED) is 0.143. The lowest BCUT2D eigenvalue weighted by Crippen LogP contribution is -2.28. The first-order valence-corrected chi connectivity index (χ1v) is 10.5. The molecular formula is C20H18BrN3O7. The Morgan fingerprint density at radius 3 is 2.52 bits per heavy atom. The van der Waals surface area contributed by atoms with Gasteiger partial charge in [0.25, 0.3) is 11.8 Å². The maximum Gasteiger partial charge on any atom is 0.344 e. The second kappa shape index (κ2) is 8.22. The average molecular weight is 492 g/mol. The summed E-state index contributed by atoms with van der Waals surface area (Å²) < 4.78 is 10.2. The smallest absolute Gasteiger partial charge is 0.344 e. The molecule has 162 valence electrons. The molecule has 1 aromatic rings. The number of amides is 2. The number of nitrogens with zero attached hydrogens (tertiary/aromatic N) is 3. The van der Waals surface area contributed by atoms with Gasteiger partial charge < -0.3 is 9.47 Å². The number of esters is 1. The molecule has 11 heteroatoms. The molecule has 1 aromatic carbocycles. The summed E-state index contributed by atoms with van der Waals surface area (Å²) in [7, 11) is 0. The van der Waals surface area contributed by atoms with Gasteiger partial charge in [-0.2, -0.15) is 10.1 Å². The number of fused-ring (bicyclic) bond motifs is 5. The Kier molecular flexibility index (Phi) is 5.61. The highest BCUT2D eigenvalue weighted by Crippen LogP contribution is 2.52. The molecule has 2 aliphatic carbocycles. The monoisotopic (exact) mass is 491 g/mol. The molecular weight excluding hydrogens is 474 g/mol. The molecule has 0 radical (unpaired) electrons. The summed E-state index contributed by atoms with van der Waals surface area (Å²) in [6.45, 7) is 1.31. The zero-order valence-corrected chi connectivity index (χ0v) is 18.0. The minimum Gasteiger partial charge on any atom is -0.474 e. The molecule has 1 aliphatic heterocycles. The van der Waals surface area contributed by atoms with E-state index in [1.54, 1.807) is 6.92 Å². The lowest BCUT2D eigenvalue weighted by Gasteiger charge is -2.13. The number of hydrogen-bond acceptors (Lipinski definition) is 8. The number of hydrogen-bond donors (Lipinski definition) is 0. The van der Waals surface area contributed by atoms with Crippen molar-refractivity contribution in [2.75, 3.05) is 13.2 Å². The Morgan fingerprint density at radius 1 is 1.29 bits per heavy atom. The molecule has 0 N–H and O–H groups in total. The number of nitro groups is 1. The highest BCUT2D eigenvalue weighted by atomic mass is 79.9. The molecule has 1 saturated carbocycles. The molecule has 2 bridgehead atoms. The Balaban J connectivity index is 1.54. The number of rotatable bonds is 7. The fourth-order valence-corrected chi connectivity index (χ4v) is 4.99. The summed E-state index contributed by atoms with van der Waals surface area (Å²) in [6.07, 6.45) is 6.01. The van der Waals surface area contributed by atoms with Crippen LogP contribution in [0.5, 0.6) is 5.75 Å². The SMILES string of the molecule is CCOC(=O)COc1c(Br)cc(C=NN2C(=O)C3C4C=CC(C4)C3C2=O)cc1[N+](=O)[O-]. The van der Waals surface area contributed by atoms with E-state index in [-0.39, 0.29) is 57.9 Å². The first-order valence-electron chi connectivity index (χ1n) is 9.68. The van der Waals surface area contributed by atoms with Gasteiger partial charge in [-0.15, -0.1) is 0 Å². The lowest BCUT2D eigenvalue weighted by atomic mass is 9.85. The van der Waals surface area contributed by atoms with E-state index < -0.39 is 23.2 Å². The average Bonchev–Trinajstić information content (AvgIpc) is 3.40. The third-order valence-corrected chi connectivity index (χ3v) is 6.24. The van der Waals surface area contributed by atoms with Crippen molar-refractivity contribution < 1.29 is 28.8 Å². The standard InChI is InChI=1S/C20H18BrN3O7/c1-2-30-15(25)9-31-18-13(21)5-10(6-14(18)24(28)29)8-22-23-19(26)16-11-3-4-12(7-11)17(16)20(23)27/h3-6,8,11-12,16-17H,2,7,9H2,1H3. The number of halogens is 1. The van der Waals surface area contributed by atoms with Crippen molar-refractivity contribution in [3.8, 4) is 5.75 Å². The Bertz CT molecular complexity index is 1010. The molecule has 2 amide bonds. The Labute approximate surface area is 185 Å². The maximum atomic E-state index is 12.7. The van der Waals surface area contributed by atoms with Gasteiger partial charge in [0.1, 0.15) is 0 Å². The molecule has 31 heavy (non-hydrogen) atoms. The van der Waals surface area contributed by atoms with Gasteiger partial charge in [-0.1, -0.05) is 12.2 Å². The molecule has 3 aliphatic rings. The predicted molar refractivity (Wildman–Crippen MR) is 110 cm³/mol. The van der Waals surface area contributed by atoms with Crippen LogP contribution in [0.3, 0.4) is 0 Å². The summed E-state index contributed by atoms with van der Waals surface area (Å²) in [5.74, 6) is -2.10. The van der Waals surface area contributed by atoms with Crippen molar-refractivity contribution in [2.24, 2.45) is 28.8 Å². The van der Waals surface area contributed by atoms with Crippen LogP contribution >= 0.6 is 15.9 Å². The largest absolute Gasteiger partial charge is 0.474 e. The molecule has 0 spiro atoms. The van der Waals surface area contributed by atoms with Crippen molar-refractivity contribution >= 4 is 45.6 Å². The topological polar surface area (TPSA) is 128 Å². The van der Waals surface area contributed by atoms with Crippen LogP contribution in [0.4, 0.5) is 5.69 Å². The minimum atomic E-state index is -0.664. The number of ether oxygens (including phenoxy) is 2. The Morgan fingerprint density at radius 2 is 1.94 bits per heavy atom. The number of allylic oxidation sites excluding steroid dienone is 2. The van der Waals surface area contributed by atoms with Crippen LogP contribution in [0.1, 0.15) is 18.9 Å². The van der Waals surface area contributed by atoms with Crippen LogP contribution in [0, 0.1) is 33.8 Å². The van der Waals surface area contributed by atoms with Crippen molar-refractivity contribution in [1.82, 2.24) is 5.01 Å². The summed E-state index contributed by atoms with van der Waals surface area (Å²) >= 11 is 3.20. The first-order chi connectivity index (χ1) is 14.8. The molecule has 4 unspecified atom stereocenters. The van der Waals surface area contributed by atoms with Crippen LogP contribution in [-0.4, -0.2) is 47.1 Å². The highest BCUT2D eigenvalue weighted by Gasteiger charge is 2.59. The maximum absolute atomic E-state index is 12.7. The summed E-state index contributed by atoms with van der Waals surface area (Å²) in [4.78, 5) is 47.7. The number of hydrazone groups is 1. The van der Waals surface area contributed by atoms with Gasteiger partial charge in [0.2, 0.25) is 5.75 Å². The molecule has 0 aromatic heterocycles. The lowest BCUT2D eigenvalue weighted by molar-refractivity contribution is -0.385. The number of carbonyl (C=O) groups is 3. The van der Waals surface area contributed by atoms with Crippen LogP contribution in [0.15, 0.2) is 33.9 Å². The highest BCUT2D eigenvalue weighted by molar-refractivity contribution is 9.10. The van der Waals surface area contributed by atoms with Crippen molar-refractivity contribution in [3.63, 3.8) is 0 Å². The molecule has 4 rings (SSSR count). The second-order valence-electron chi connectivity index (χ2n) is 7.43. The van der Waals surface area contributed by atoms with E-state index >= 15 is 0 Å². The number of carbonyl (C=O) groups excluding carboxylic acids is 3. The number of imide groups is 1. The van der Waals surface area contributed by atoms with Gasteiger partial charge in [-0.05, 0) is 47.2 Å². The zero-order valence-electron chi connectivity index (χ0n) is 16.4. The third kappa shape index (κ3) is 3.73. The van der Waals surface area contributed by atoms with Gasteiger partial charge in [0, 0.05) is 11.6 Å². The molecule has 10 nitrogen and oxygen atoms in total. The van der Waals surface area contributed by atoms with Gasteiger partial charge in [0.15, 0.2) is 6.61 Å². The van der Waals surface area contributed by atoms with E-state index in [0.717, 1.165) is 11.4 Å². The van der Waals surface area contributed by atoms with Crippen LogP contribution in [0.25, 0.3) is 0 Å². The van der Waals surface area contributed by atoms with Crippen molar-refractivity contribution in [2.45, 2.75) is 13.3 Å². The Hall–Kier alpha value is -3.08. The summed E-state index contributed by atoms with van der Waals surface area (Å²) in [6, 6.07) is 2.67. The first kappa shape index (κ1) is 21.2. The van der Waals surface area contributed by atoms with Crippen molar-refractivity contribution in [3.05, 3.63) is 44.4 Å². The fourth-order valence-electron chi connectivity index (χ4n) is 4.41. The van der Waals surface area contributed by atoms with E-state index in [2.05, 4.69) is 21.0 Å². The summed E-state index contributed by atoms with van der Waals surface area (Å²) in [5.41, 5.74) is -0.126. The van der Waals surface area contributed by atoms with Gasteiger partial charge in [-0.3, -0.25) is 19.7 Å². The number of benzene rings is 1. The van der Waals surface area contributed by atoms with Gasteiger partial charge in [-0.25, -0.2) is 4.79 Å². The minimum absolute atomic E-state index is 0.0673. The molecule has 4 atom stereocenters. The zero-order chi connectivity index (χ0) is 22.3. The van der Waals surface area contributed by atoms with Crippen LogP contribution in [0.2, 0.25) is 0 Å². The normalized spacial score (nSPS) is 26.1. The third-order valence-electron chi connectivity index (χ3n) is 5.65. The van der Waals surface area contributed by atoms with E-state index in [9.17, 15) is 24.5 Å². The van der Waals surface area contributed by atoms with E-state index in [1.807, 2.05) is 12.2 Å². The number of nitro benzene ring substituents is 1. The van der Waals surface area contributed by atoms with Crippen LogP contribution in [-0.2, 0) is 19.1 Å². The van der Waals surface area contributed by atoms with E-state index in [0.29, 0.717) is 0 Å². The van der Waals surface area contributed by atoms with Gasteiger partial charge >= 0.3 is 11.7 Å². The van der Waals surface area contributed by atoms with Crippen LogP contribution < -0.4 is 4.74 Å².